The standard InChI is InChI=1S/C2H4O3.C2H4.Al.3H/c3-1-2(4)5;1-2;;;;/h3H,1H2,(H,4,5);1-2H2;;;;. The summed E-state index contributed by atoms with van der Waals surface area (Å²) in [5.41, 5.74) is 0. The molecule has 0 aliphatic rings. The van der Waals surface area contributed by atoms with Crippen molar-refractivity contribution in [2.45, 2.75) is 0 Å². The third-order valence-corrected chi connectivity index (χ3v) is 0.135. The first-order chi connectivity index (χ1) is 3.27. The number of aliphatic hydroxyl groups is 1. The molecule has 0 heterocycles. The van der Waals surface area contributed by atoms with Gasteiger partial charge in [-0.15, -0.1) is 13.2 Å². The highest BCUT2D eigenvalue weighted by molar-refractivity contribution is 5.75. The van der Waals surface area contributed by atoms with Crippen molar-refractivity contribution in [3.63, 3.8) is 0 Å². The number of rotatable bonds is 1. The minimum Gasteiger partial charge on any atom is -0.480 e. The van der Waals surface area contributed by atoms with E-state index in [1.54, 1.807) is 0 Å². The Labute approximate surface area is 58.8 Å². The SMILES string of the molecule is C=C.O=C(O)CO.[AlH3]. The Morgan fingerprint density at radius 1 is 1.50 bits per heavy atom. The number of carbonyl (C=O) groups is 1. The zero-order valence-electron chi connectivity index (χ0n) is 3.92. The van der Waals surface area contributed by atoms with E-state index in [1.165, 1.54) is 0 Å². The number of carboxylic acid groups (broad SMARTS) is 1. The fraction of sp³-hybridized carbons (Fsp3) is 0.250. The molecular weight excluding hydrogens is 123 g/mol. The molecule has 0 radical (unpaired) electrons. The highest BCUT2D eigenvalue weighted by atomic mass is 27.0. The summed E-state index contributed by atoms with van der Waals surface area (Å²) >= 11 is 0. The predicted octanol–water partition coefficient (Wildman–Crippen LogP) is -1.32. The second-order valence-electron chi connectivity index (χ2n) is 0.552. The van der Waals surface area contributed by atoms with Gasteiger partial charge in [0.25, 0.3) is 0 Å². The molecule has 0 unspecified atom stereocenters. The Bertz CT molecular complexity index is 55.2. The number of aliphatic hydroxyl groups excluding tert-OH is 1. The van der Waals surface area contributed by atoms with Crippen LogP contribution in [0.2, 0.25) is 0 Å². The number of hydrogen-bond donors (Lipinski definition) is 2. The molecule has 0 aliphatic carbocycles. The Kier molecular flexibility index (Phi) is 31.1. The molecule has 0 saturated carbocycles. The van der Waals surface area contributed by atoms with Crippen LogP contribution in [-0.2, 0) is 4.79 Å². The van der Waals surface area contributed by atoms with Crippen molar-refractivity contribution >= 4 is 23.3 Å². The van der Waals surface area contributed by atoms with Crippen LogP contribution >= 0.6 is 0 Å². The van der Waals surface area contributed by atoms with E-state index in [4.69, 9.17) is 15.0 Å². The molecule has 0 aliphatic heterocycles. The molecule has 0 atom stereocenters. The number of hydrogen-bond acceptors (Lipinski definition) is 2. The maximum atomic E-state index is 9.12. The molecule has 0 saturated heterocycles. The summed E-state index contributed by atoms with van der Waals surface area (Å²) in [4.78, 5) is 9.12. The zero-order valence-corrected chi connectivity index (χ0v) is 3.92. The van der Waals surface area contributed by atoms with Gasteiger partial charge in [-0.2, -0.15) is 0 Å². The summed E-state index contributed by atoms with van der Waals surface area (Å²) in [5.74, 6) is -1.19. The summed E-state index contributed by atoms with van der Waals surface area (Å²) in [6.07, 6.45) is 0. The molecule has 0 aromatic carbocycles. The average molecular weight is 134 g/mol. The number of aliphatic carboxylic acids is 1. The lowest BCUT2D eigenvalue weighted by molar-refractivity contribution is -0.140. The van der Waals surface area contributed by atoms with Crippen LogP contribution in [0.5, 0.6) is 0 Å². The van der Waals surface area contributed by atoms with E-state index in [9.17, 15) is 0 Å². The molecule has 8 heavy (non-hydrogen) atoms. The van der Waals surface area contributed by atoms with Crippen molar-refractivity contribution in [1.29, 1.82) is 0 Å². The van der Waals surface area contributed by atoms with Gasteiger partial charge < -0.3 is 10.2 Å². The summed E-state index contributed by atoms with van der Waals surface area (Å²) in [7, 11) is 0. The normalized spacial score (nSPS) is 5.12. The zero-order chi connectivity index (χ0) is 6.28. The van der Waals surface area contributed by atoms with Crippen LogP contribution in [0.25, 0.3) is 0 Å². The molecule has 0 aromatic rings. The van der Waals surface area contributed by atoms with Crippen LogP contribution in [0.3, 0.4) is 0 Å². The van der Waals surface area contributed by atoms with Crippen LogP contribution in [0.1, 0.15) is 0 Å². The van der Waals surface area contributed by atoms with Crippen molar-refractivity contribution in [3.05, 3.63) is 13.2 Å². The van der Waals surface area contributed by atoms with E-state index in [-0.39, 0.29) is 17.4 Å². The minimum atomic E-state index is -1.19. The van der Waals surface area contributed by atoms with Crippen molar-refractivity contribution < 1.29 is 15.0 Å². The van der Waals surface area contributed by atoms with Crippen LogP contribution in [-0.4, -0.2) is 40.2 Å². The van der Waals surface area contributed by atoms with Gasteiger partial charge in [0.1, 0.15) is 6.61 Å². The minimum absolute atomic E-state index is 0. The second kappa shape index (κ2) is 15.9. The molecule has 4 heteroatoms. The van der Waals surface area contributed by atoms with Gasteiger partial charge in [0, 0.05) is 0 Å². The van der Waals surface area contributed by atoms with Crippen LogP contribution in [0.15, 0.2) is 13.2 Å². The van der Waals surface area contributed by atoms with Gasteiger partial charge in [-0.25, -0.2) is 4.79 Å². The number of carboxylic acids is 1. The van der Waals surface area contributed by atoms with Crippen molar-refractivity contribution in [2.24, 2.45) is 0 Å². The van der Waals surface area contributed by atoms with Gasteiger partial charge in [-0.05, 0) is 0 Å². The van der Waals surface area contributed by atoms with Gasteiger partial charge in [-0.1, -0.05) is 0 Å². The van der Waals surface area contributed by atoms with E-state index in [1.807, 2.05) is 0 Å². The lowest BCUT2D eigenvalue weighted by Crippen LogP contribution is -1.98. The third-order valence-electron chi connectivity index (χ3n) is 0.135. The second-order valence-corrected chi connectivity index (χ2v) is 0.552. The molecule has 3 nitrogen and oxygen atoms in total. The summed E-state index contributed by atoms with van der Waals surface area (Å²) < 4.78 is 0. The fourth-order valence-corrected chi connectivity index (χ4v) is 0. The molecular formula is C4H11AlO3. The molecule has 0 fully saturated rings. The molecule has 48 valence electrons. The Morgan fingerprint density at radius 2 is 1.62 bits per heavy atom. The van der Waals surface area contributed by atoms with Crippen LogP contribution in [0.4, 0.5) is 0 Å². The third kappa shape index (κ3) is 43.5. The van der Waals surface area contributed by atoms with E-state index in [2.05, 4.69) is 13.2 Å². The van der Waals surface area contributed by atoms with E-state index >= 15 is 0 Å². The van der Waals surface area contributed by atoms with Gasteiger partial charge >= 0.3 is 5.97 Å². The topological polar surface area (TPSA) is 57.5 Å². The van der Waals surface area contributed by atoms with Crippen molar-refractivity contribution in [2.75, 3.05) is 6.61 Å². The first-order valence-electron chi connectivity index (χ1n) is 1.60. The highest BCUT2D eigenvalue weighted by Gasteiger charge is 1.82. The maximum Gasteiger partial charge on any atom is 0.329 e. The maximum absolute atomic E-state index is 9.12. The summed E-state index contributed by atoms with van der Waals surface area (Å²) in [6.45, 7) is 5.22. The lowest BCUT2D eigenvalue weighted by Gasteiger charge is -1.72. The first kappa shape index (κ1) is 15.6. The average Bonchev–Trinajstić information content (AvgIpc) is 1.73. The molecule has 0 amide bonds. The van der Waals surface area contributed by atoms with E-state index < -0.39 is 12.6 Å². The molecule has 0 aromatic heterocycles. The fourth-order valence-electron chi connectivity index (χ4n) is 0. The van der Waals surface area contributed by atoms with Crippen molar-refractivity contribution in [3.8, 4) is 0 Å². The molecule has 0 rings (SSSR count). The summed E-state index contributed by atoms with van der Waals surface area (Å²) in [5, 5.41) is 15.0. The van der Waals surface area contributed by atoms with E-state index in [0.717, 1.165) is 0 Å². The highest BCUT2D eigenvalue weighted by Crippen LogP contribution is 1.48. The van der Waals surface area contributed by atoms with Gasteiger partial charge in [0.2, 0.25) is 0 Å². The van der Waals surface area contributed by atoms with Gasteiger partial charge in [0.05, 0.1) is 0 Å². The monoisotopic (exact) mass is 134 g/mol. The predicted molar refractivity (Wildman–Crippen MR) is 35.9 cm³/mol. The van der Waals surface area contributed by atoms with Crippen LogP contribution < -0.4 is 0 Å². The van der Waals surface area contributed by atoms with E-state index in [0.29, 0.717) is 0 Å². The lowest BCUT2D eigenvalue weighted by atomic mass is 10.8. The van der Waals surface area contributed by atoms with Gasteiger partial charge in [-0.3, -0.25) is 0 Å². The summed E-state index contributed by atoms with van der Waals surface area (Å²) in [6, 6.07) is 0. The van der Waals surface area contributed by atoms with Crippen LogP contribution in [0, 0.1) is 0 Å². The van der Waals surface area contributed by atoms with Crippen molar-refractivity contribution in [1.82, 2.24) is 0 Å². The van der Waals surface area contributed by atoms with Gasteiger partial charge in [0.15, 0.2) is 17.4 Å². The first-order valence-corrected chi connectivity index (χ1v) is 1.60. The quantitative estimate of drug-likeness (QED) is 0.345. The molecule has 0 bridgehead atoms. The Hall–Kier alpha value is -0.298. The Balaban J connectivity index is -0.0000000750. The Morgan fingerprint density at radius 3 is 1.62 bits per heavy atom. The molecule has 0 spiro atoms. The smallest absolute Gasteiger partial charge is 0.329 e. The molecule has 2 N–H and O–H groups in total. The largest absolute Gasteiger partial charge is 0.480 e.